The molecule has 1 saturated carbocycles. The highest BCUT2D eigenvalue weighted by Crippen LogP contribution is 2.24. The average Bonchev–Trinajstić information content (AvgIpc) is 2.64. The van der Waals surface area contributed by atoms with E-state index in [-0.39, 0.29) is 42.4 Å². The van der Waals surface area contributed by atoms with Crippen molar-refractivity contribution in [3.05, 3.63) is 0 Å². The van der Waals surface area contributed by atoms with Gasteiger partial charge < -0.3 is 15.8 Å². The quantitative estimate of drug-likeness (QED) is 0.787. The van der Waals surface area contributed by atoms with Gasteiger partial charge in [0.2, 0.25) is 5.91 Å². The third-order valence-electron chi connectivity index (χ3n) is 3.79. The van der Waals surface area contributed by atoms with Gasteiger partial charge in [0.05, 0.1) is 12.1 Å². The molecule has 2 rings (SSSR count). The third-order valence-corrected chi connectivity index (χ3v) is 3.79. The molecule has 4 unspecified atom stereocenters. The van der Waals surface area contributed by atoms with Crippen LogP contribution in [-0.4, -0.2) is 30.7 Å². The summed E-state index contributed by atoms with van der Waals surface area (Å²) >= 11 is 0. The Hall–Kier alpha value is -0.320. The van der Waals surface area contributed by atoms with E-state index in [1.165, 1.54) is 0 Å². The molecule has 5 heteroatoms. The van der Waals surface area contributed by atoms with Gasteiger partial charge in [-0.25, -0.2) is 0 Å². The predicted octanol–water partition coefficient (Wildman–Crippen LogP) is 1.22. The van der Waals surface area contributed by atoms with Gasteiger partial charge in [-0.2, -0.15) is 0 Å². The van der Waals surface area contributed by atoms with Crippen molar-refractivity contribution in [1.29, 1.82) is 0 Å². The maximum atomic E-state index is 12.0. The molecule has 4 atom stereocenters. The SMILES string of the molecule is CC1OCCC1NC(=O)C1CCCC(N)C1.Cl. The Kier molecular flexibility index (Phi) is 5.70. The maximum Gasteiger partial charge on any atom is 0.223 e. The van der Waals surface area contributed by atoms with Gasteiger partial charge in [0.1, 0.15) is 0 Å². The minimum atomic E-state index is 0. The van der Waals surface area contributed by atoms with E-state index in [1.54, 1.807) is 0 Å². The van der Waals surface area contributed by atoms with Gasteiger partial charge in [-0.3, -0.25) is 4.79 Å². The number of nitrogens with two attached hydrogens (primary N) is 1. The summed E-state index contributed by atoms with van der Waals surface area (Å²) in [5.41, 5.74) is 5.89. The summed E-state index contributed by atoms with van der Waals surface area (Å²) in [5.74, 6) is 0.300. The second-order valence-corrected chi connectivity index (χ2v) is 5.10. The number of hydrogen-bond acceptors (Lipinski definition) is 3. The van der Waals surface area contributed by atoms with Gasteiger partial charge in [-0.15, -0.1) is 12.4 Å². The Morgan fingerprint density at radius 1 is 1.35 bits per heavy atom. The minimum absolute atomic E-state index is 0. The Balaban J connectivity index is 0.00000144. The summed E-state index contributed by atoms with van der Waals surface area (Å²) in [7, 11) is 0. The highest BCUT2D eigenvalue weighted by atomic mass is 35.5. The molecule has 3 N–H and O–H groups in total. The normalized spacial score (nSPS) is 37.3. The molecule has 4 nitrogen and oxygen atoms in total. The van der Waals surface area contributed by atoms with Gasteiger partial charge in [0.15, 0.2) is 0 Å². The van der Waals surface area contributed by atoms with Crippen molar-refractivity contribution < 1.29 is 9.53 Å². The zero-order chi connectivity index (χ0) is 11.5. The molecular weight excluding hydrogens is 240 g/mol. The van der Waals surface area contributed by atoms with Crippen molar-refractivity contribution in [3.63, 3.8) is 0 Å². The molecule has 0 spiro atoms. The maximum absolute atomic E-state index is 12.0. The van der Waals surface area contributed by atoms with Crippen LogP contribution in [0.15, 0.2) is 0 Å². The molecule has 17 heavy (non-hydrogen) atoms. The summed E-state index contributed by atoms with van der Waals surface area (Å²) in [6.45, 7) is 2.78. The van der Waals surface area contributed by atoms with Crippen molar-refractivity contribution in [2.75, 3.05) is 6.61 Å². The lowest BCUT2D eigenvalue weighted by atomic mass is 9.85. The number of carbonyl (C=O) groups is 1. The first-order valence-electron chi connectivity index (χ1n) is 6.34. The predicted molar refractivity (Wildman–Crippen MR) is 69.1 cm³/mol. The Morgan fingerprint density at radius 3 is 2.71 bits per heavy atom. The first-order valence-corrected chi connectivity index (χ1v) is 6.34. The molecule has 0 aromatic rings. The number of carbonyl (C=O) groups excluding carboxylic acids is 1. The second-order valence-electron chi connectivity index (χ2n) is 5.10. The lowest BCUT2D eigenvalue weighted by Gasteiger charge is -2.27. The van der Waals surface area contributed by atoms with Gasteiger partial charge in [-0.05, 0) is 32.6 Å². The van der Waals surface area contributed by atoms with E-state index in [0.29, 0.717) is 0 Å². The molecule has 1 aliphatic carbocycles. The lowest BCUT2D eigenvalue weighted by Crippen LogP contribution is -2.44. The van der Waals surface area contributed by atoms with Crippen LogP contribution in [0.3, 0.4) is 0 Å². The highest BCUT2D eigenvalue weighted by molar-refractivity contribution is 5.85. The fourth-order valence-corrected chi connectivity index (χ4v) is 2.69. The van der Waals surface area contributed by atoms with E-state index in [9.17, 15) is 4.79 Å². The number of nitrogens with one attached hydrogen (secondary N) is 1. The molecule has 1 saturated heterocycles. The molecule has 1 heterocycles. The first-order chi connectivity index (χ1) is 7.66. The third kappa shape index (κ3) is 3.83. The van der Waals surface area contributed by atoms with Crippen LogP contribution in [0.1, 0.15) is 39.0 Å². The van der Waals surface area contributed by atoms with Crippen LogP contribution in [0.2, 0.25) is 0 Å². The standard InChI is InChI=1S/C12H22N2O2.ClH/c1-8-11(5-6-16-8)14-12(15)9-3-2-4-10(13)7-9;/h8-11H,2-7,13H2,1H3,(H,14,15);1H. The average molecular weight is 263 g/mol. The van der Waals surface area contributed by atoms with Gasteiger partial charge in [-0.1, -0.05) is 6.42 Å². The summed E-state index contributed by atoms with van der Waals surface area (Å²) in [4.78, 5) is 12.0. The highest BCUT2D eigenvalue weighted by Gasteiger charge is 2.30. The molecular formula is C12H23ClN2O2. The summed E-state index contributed by atoms with van der Waals surface area (Å²) < 4.78 is 5.44. The van der Waals surface area contributed by atoms with E-state index in [2.05, 4.69) is 5.32 Å². The van der Waals surface area contributed by atoms with Crippen molar-refractivity contribution in [3.8, 4) is 0 Å². The summed E-state index contributed by atoms with van der Waals surface area (Å²) in [6, 6.07) is 0.410. The van der Waals surface area contributed by atoms with Gasteiger partial charge >= 0.3 is 0 Å². The first kappa shape index (κ1) is 14.7. The molecule has 1 aliphatic heterocycles. The lowest BCUT2D eigenvalue weighted by molar-refractivity contribution is -0.127. The van der Waals surface area contributed by atoms with Crippen molar-refractivity contribution >= 4 is 18.3 Å². The molecule has 0 radical (unpaired) electrons. The number of rotatable bonds is 2. The number of amides is 1. The molecule has 2 aliphatic rings. The van der Waals surface area contributed by atoms with Crippen LogP contribution in [0.5, 0.6) is 0 Å². The fourth-order valence-electron chi connectivity index (χ4n) is 2.69. The van der Waals surface area contributed by atoms with Crippen LogP contribution in [0, 0.1) is 5.92 Å². The smallest absolute Gasteiger partial charge is 0.223 e. The number of halogens is 1. The van der Waals surface area contributed by atoms with Gasteiger partial charge in [0.25, 0.3) is 0 Å². The van der Waals surface area contributed by atoms with E-state index < -0.39 is 0 Å². The van der Waals surface area contributed by atoms with Crippen molar-refractivity contribution in [1.82, 2.24) is 5.32 Å². The minimum Gasteiger partial charge on any atom is -0.376 e. The monoisotopic (exact) mass is 262 g/mol. The van der Waals surface area contributed by atoms with E-state index in [4.69, 9.17) is 10.5 Å². The zero-order valence-electron chi connectivity index (χ0n) is 10.4. The Morgan fingerprint density at radius 2 is 2.12 bits per heavy atom. The Labute approximate surface area is 109 Å². The van der Waals surface area contributed by atoms with Crippen molar-refractivity contribution in [2.45, 2.75) is 57.2 Å². The largest absolute Gasteiger partial charge is 0.376 e. The van der Waals surface area contributed by atoms with E-state index in [0.717, 1.165) is 38.7 Å². The van der Waals surface area contributed by atoms with E-state index in [1.807, 2.05) is 6.92 Å². The molecule has 100 valence electrons. The van der Waals surface area contributed by atoms with Crippen LogP contribution in [-0.2, 0) is 9.53 Å². The summed E-state index contributed by atoms with van der Waals surface area (Å²) in [6.07, 6.45) is 5.06. The molecule has 2 fully saturated rings. The van der Waals surface area contributed by atoms with Crippen LogP contribution < -0.4 is 11.1 Å². The summed E-state index contributed by atoms with van der Waals surface area (Å²) in [5, 5.41) is 3.10. The van der Waals surface area contributed by atoms with Gasteiger partial charge in [0, 0.05) is 18.6 Å². The topological polar surface area (TPSA) is 64.3 Å². The van der Waals surface area contributed by atoms with Crippen molar-refractivity contribution in [2.24, 2.45) is 11.7 Å². The fraction of sp³-hybridized carbons (Fsp3) is 0.917. The zero-order valence-corrected chi connectivity index (χ0v) is 11.2. The van der Waals surface area contributed by atoms with Crippen LogP contribution in [0.25, 0.3) is 0 Å². The second kappa shape index (κ2) is 6.57. The van der Waals surface area contributed by atoms with E-state index >= 15 is 0 Å². The molecule has 0 bridgehead atoms. The number of hydrogen-bond donors (Lipinski definition) is 2. The molecule has 1 amide bonds. The molecule has 0 aromatic heterocycles. The number of ether oxygens (including phenoxy) is 1. The molecule has 0 aromatic carbocycles. The van der Waals surface area contributed by atoms with Crippen LogP contribution in [0.4, 0.5) is 0 Å². The Bertz CT molecular complexity index is 263. The van der Waals surface area contributed by atoms with Crippen LogP contribution >= 0.6 is 12.4 Å².